The van der Waals surface area contributed by atoms with E-state index in [4.69, 9.17) is 14.6 Å². The van der Waals surface area contributed by atoms with Gasteiger partial charge in [0.15, 0.2) is 6.10 Å². The molecule has 0 radical (unpaired) electrons. The number of aliphatic hydroxyl groups is 1. The Balaban J connectivity index is 2.30. The van der Waals surface area contributed by atoms with Gasteiger partial charge in [-0.05, 0) is 13.3 Å². The van der Waals surface area contributed by atoms with Crippen molar-refractivity contribution >= 4 is 0 Å². The molecule has 0 aromatic rings. The standard InChI is InChI=1S/C10H18F3NO3/c1-3-17-7-4-6(9(7)16-2)14-5-8(15)10(11,12)13/h6-9,14-15H,3-5H2,1-2H3. The molecule has 7 heteroatoms. The Labute approximate surface area is 98.1 Å². The zero-order chi connectivity index (χ0) is 13.1. The van der Waals surface area contributed by atoms with Crippen molar-refractivity contribution in [2.24, 2.45) is 0 Å². The highest BCUT2D eigenvalue weighted by Crippen LogP contribution is 2.27. The molecule has 4 atom stereocenters. The van der Waals surface area contributed by atoms with Crippen LogP contribution in [0.1, 0.15) is 13.3 Å². The fourth-order valence-corrected chi connectivity index (χ4v) is 1.85. The van der Waals surface area contributed by atoms with Gasteiger partial charge in [-0.15, -0.1) is 0 Å². The summed E-state index contributed by atoms with van der Waals surface area (Å²) in [7, 11) is 1.49. The van der Waals surface area contributed by atoms with Crippen molar-refractivity contribution in [1.82, 2.24) is 5.32 Å². The second-order valence-electron chi connectivity index (χ2n) is 4.00. The van der Waals surface area contributed by atoms with Crippen molar-refractivity contribution in [3.05, 3.63) is 0 Å². The Morgan fingerprint density at radius 1 is 1.47 bits per heavy atom. The summed E-state index contributed by atoms with van der Waals surface area (Å²) in [5, 5.41) is 11.5. The van der Waals surface area contributed by atoms with Gasteiger partial charge in [0.25, 0.3) is 0 Å². The van der Waals surface area contributed by atoms with Gasteiger partial charge in [-0.2, -0.15) is 13.2 Å². The van der Waals surface area contributed by atoms with Crippen molar-refractivity contribution in [3.8, 4) is 0 Å². The van der Waals surface area contributed by atoms with Crippen LogP contribution in [-0.2, 0) is 9.47 Å². The molecule has 0 aromatic carbocycles. The van der Waals surface area contributed by atoms with Gasteiger partial charge in [0, 0.05) is 26.3 Å². The molecule has 1 aliphatic carbocycles. The number of nitrogens with one attached hydrogen (secondary N) is 1. The monoisotopic (exact) mass is 257 g/mol. The average molecular weight is 257 g/mol. The molecular weight excluding hydrogens is 239 g/mol. The first-order valence-electron chi connectivity index (χ1n) is 5.52. The third-order valence-corrected chi connectivity index (χ3v) is 2.85. The van der Waals surface area contributed by atoms with Crippen LogP contribution in [0.25, 0.3) is 0 Å². The predicted octanol–water partition coefficient (Wildman–Crippen LogP) is 0.692. The number of ether oxygens (including phenoxy) is 2. The molecule has 0 spiro atoms. The van der Waals surface area contributed by atoms with Crippen LogP contribution in [0.2, 0.25) is 0 Å². The molecular formula is C10H18F3NO3. The highest BCUT2D eigenvalue weighted by atomic mass is 19.4. The number of hydrogen-bond acceptors (Lipinski definition) is 4. The largest absolute Gasteiger partial charge is 0.415 e. The zero-order valence-electron chi connectivity index (χ0n) is 9.83. The van der Waals surface area contributed by atoms with Crippen molar-refractivity contribution in [2.75, 3.05) is 20.3 Å². The van der Waals surface area contributed by atoms with Gasteiger partial charge < -0.3 is 19.9 Å². The Morgan fingerprint density at radius 3 is 2.59 bits per heavy atom. The first kappa shape index (κ1) is 14.7. The van der Waals surface area contributed by atoms with E-state index < -0.39 is 18.8 Å². The van der Waals surface area contributed by atoms with Crippen molar-refractivity contribution < 1.29 is 27.8 Å². The highest BCUT2D eigenvalue weighted by Gasteiger charge is 2.44. The maximum Gasteiger partial charge on any atom is 0.415 e. The summed E-state index contributed by atoms with van der Waals surface area (Å²) in [6, 6.07) is -0.200. The number of alkyl halides is 3. The molecule has 0 aromatic heterocycles. The summed E-state index contributed by atoms with van der Waals surface area (Å²) in [4.78, 5) is 0. The molecule has 1 aliphatic rings. The van der Waals surface area contributed by atoms with Crippen LogP contribution in [0, 0.1) is 0 Å². The van der Waals surface area contributed by atoms with Gasteiger partial charge in [-0.3, -0.25) is 0 Å². The molecule has 0 bridgehead atoms. The quantitative estimate of drug-likeness (QED) is 0.735. The summed E-state index contributed by atoms with van der Waals surface area (Å²) in [5.74, 6) is 0. The van der Waals surface area contributed by atoms with Crippen molar-refractivity contribution in [3.63, 3.8) is 0 Å². The summed E-state index contributed by atoms with van der Waals surface area (Å²) in [6.45, 7) is 1.87. The molecule has 0 aliphatic heterocycles. The number of aliphatic hydroxyl groups excluding tert-OH is 1. The minimum Gasteiger partial charge on any atom is -0.382 e. The van der Waals surface area contributed by atoms with Gasteiger partial charge in [0.05, 0.1) is 12.2 Å². The van der Waals surface area contributed by atoms with E-state index in [9.17, 15) is 13.2 Å². The summed E-state index contributed by atoms with van der Waals surface area (Å²) < 4.78 is 46.6. The van der Waals surface area contributed by atoms with E-state index in [2.05, 4.69) is 5.32 Å². The average Bonchev–Trinajstić information content (AvgIpc) is 2.20. The lowest BCUT2D eigenvalue weighted by molar-refractivity contribution is -0.204. The minimum atomic E-state index is -4.58. The number of rotatable bonds is 6. The topological polar surface area (TPSA) is 50.7 Å². The highest BCUT2D eigenvalue weighted by molar-refractivity contribution is 4.97. The number of hydrogen-bond donors (Lipinski definition) is 2. The van der Waals surface area contributed by atoms with Crippen LogP contribution in [0.5, 0.6) is 0 Å². The van der Waals surface area contributed by atoms with E-state index in [1.54, 1.807) is 0 Å². The normalized spacial score (nSPS) is 31.1. The van der Waals surface area contributed by atoms with Crippen LogP contribution in [0.3, 0.4) is 0 Å². The molecule has 0 heterocycles. The third kappa shape index (κ3) is 3.80. The maximum atomic E-state index is 12.1. The molecule has 4 nitrogen and oxygen atoms in total. The molecule has 1 fully saturated rings. The van der Waals surface area contributed by atoms with E-state index in [0.29, 0.717) is 13.0 Å². The fourth-order valence-electron chi connectivity index (χ4n) is 1.85. The van der Waals surface area contributed by atoms with Crippen molar-refractivity contribution in [1.29, 1.82) is 0 Å². The van der Waals surface area contributed by atoms with Gasteiger partial charge in [-0.25, -0.2) is 0 Å². The van der Waals surface area contributed by atoms with E-state index in [1.165, 1.54) is 7.11 Å². The first-order valence-corrected chi connectivity index (χ1v) is 5.52. The summed E-state index contributed by atoms with van der Waals surface area (Å²) in [5.41, 5.74) is 0. The number of halogens is 3. The molecule has 0 amide bonds. The lowest BCUT2D eigenvalue weighted by Crippen LogP contribution is -2.61. The smallest absolute Gasteiger partial charge is 0.382 e. The van der Waals surface area contributed by atoms with Crippen molar-refractivity contribution in [2.45, 2.75) is 43.9 Å². The second kappa shape index (κ2) is 5.99. The maximum absolute atomic E-state index is 12.1. The predicted molar refractivity (Wildman–Crippen MR) is 54.7 cm³/mol. The van der Waals surface area contributed by atoms with E-state index in [0.717, 1.165) is 0 Å². The first-order chi connectivity index (χ1) is 7.90. The Kier molecular flexibility index (Phi) is 5.18. The second-order valence-corrected chi connectivity index (χ2v) is 4.00. The van der Waals surface area contributed by atoms with E-state index >= 15 is 0 Å². The van der Waals surface area contributed by atoms with Crippen LogP contribution < -0.4 is 5.32 Å². The molecule has 17 heavy (non-hydrogen) atoms. The van der Waals surface area contributed by atoms with Gasteiger partial charge in [-0.1, -0.05) is 0 Å². The molecule has 2 N–H and O–H groups in total. The van der Waals surface area contributed by atoms with Gasteiger partial charge >= 0.3 is 6.18 Å². The Hall–Kier alpha value is -0.370. The molecule has 102 valence electrons. The molecule has 4 unspecified atom stereocenters. The van der Waals surface area contributed by atoms with Gasteiger partial charge in [0.1, 0.15) is 0 Å². The Morgan fingerprint density at radius 2 is 2.12 bits per heavy atom. The summed E-state index contributed by atoms with van der Waals surface area (Å²) >= 11 is 0. The zero-order valence-corrected chi connectivity index (χ0v) is 9.83. The molecule has 0 saturated heterocycles. The van der Waals surface area contributed by atoms with Crippen LogP contribution in [0.15, 0.2) is 0 Å². The van der Waals surface area contributed by atoms with Gasteiger partial charge in [0.2, 0.25) is 0 Å². The Bertz CT molecular complexity index is 237. The van der Waals surface area contributed by atoms with Crippen LogP contribution in [0.4, 0.5) is 13.2 Å². The molecule has 1 saturated carbocycles. The lowest BCUT2D eigenvalue weighted by atomic mass is 9.85. The summed E-state index contributed by atoms with van der Waals surface area (Å²) in [6.07, 6.45) is -6.66. The molecule has 1 rings (SSSR count). The number of methoxy groups -OCH3 is 1. The van der Waals surface area contributed by atoms with Crippen LogP contribution in [-0.4, -0.2) is 55.9 Å². The fraction of sp³-hybridized carbons (Fsp3) is 1.00. The van der Waals surface area contributed by atoms with E-state index in [1.807, 2.05) is 6.92 Å². The third-order valence-electron chi connectivity index (χ3n) is 2.85. The lowest BCUT2D eigenvalue weighted by Gasteiger charge is -2.43. The van der Waals surface area contributed by atoms with E-state index in [-0.39, 0.29) is 18.2 Å². The minimum absolute atomic E-state index is 0.0782. The SMILES string of the molecule is CCOC1CC(NCC(O)C(F)(F)F)C1OC. The van der Waals surface area contributed by atoms with Crippen LogP contribution >= 0.6 is 0 Å².